The summed E-state index contributed by atoms with van der Waals surface area (Å²) in [4.78, 5) is 34.8. The number of nitrogens with zero attached hydrogens (tertiary/aromatic N) is 1. The van der Waals surface area contributed by atoms with E-state index < -0.39 is 11.9 Å². The Morgan fingerprint density at radius 3 is 2.31 bits per heavy atom. The first-order chi connectivity index (χ1) is 7.54. The molecule has 0 rings (SSSR count). The molecule has 0 aromatic rings. The lowest BCUT2D eigenvalue weighted by Gasteiger charge is -2.20. The molecule has 0 saturated heterocycles. The summed E-state index contributed by atoms with van der Waals surface area (Å²) >= 11 is 5.25. The number of urea groups is 1. The second kappa shape index (κ2) is 7.92. The fraction of sp³-hybridized carbons (Fsp3) is 0.667. The third-order valence-electron chi connectivity index (χ3n) is 1.76. The number of alkyl halides is 1. The van der Waals surface area contributed by atoms with Crippen molar-refractivity contribution in [2.75, 3.05) is 26.0 Å². The van der Waals surface area contributed by atoms with Crippen LogP contribution in [0.15, 0.2) is 0 Å². The summed E-state index contributed by atoms with van der Waals surface area (Å²) in [7, 11) is 1.48. The average Bonchev–Trinajstić information content (AvgIpc) is 2.27. The van der Waals surface area contributed by atoms with Crippen molar-refractivity contribution in [3.05, 3.63) is 0 Å². The van der Waals surface area contributed by atoms with E-state index in [9.17, 15) is 14.4 Å². The van der Waals surface area contributed by atoms with Gasteiger partial charge in [0.15, 0.2) is 0 Å². The van der Waals surface area contributed by atoms with E-state index in [2.05, 4.69) is 10.6 Å². The smallest absolute Gasteiger partial charge is 0.324 e. The zero-order valence-corrected chi connectivity index (χ0v) is 10.1. The maximum absolute atomic E-state index is 11.5. The standard InChI is InChI=1S/C9H16ClN3O3/c1-3-4-13(6-8(15)11-2)9(16)12-7(14)5-10/h3-6H2,1-2H3,(H,11,15)(H,12,14,16). The van der Waals surface area contributed by atoms with E-state index in [4.69, 9.17) is 11.6 Å². The second-order valence-electron chi connectivity index (χ2n) is 3.08. The lowest BCUT2D eigenvalue weighted by Crippen LogP contribution is -2.47. The minimum absolute atomic E-state index is 0.0776. The van der Waals surface area contributed by atoms with Gasteiger partial charge in [-0.25, -0.2) is 4.79 Å². The maximum atomic E-state index is 11.5. The van der Waals surface area contributed by atoms with Gasteiger partial charge >= 0.3 is 6.03 Å². The highest BCUT2D eigenvalue weighted by Crippen LogP contribution is 1.93. The molecule has 0 aromatic carbocycles. The van der Waals surface area contributed by atoms with Crippen molar-refractivity contribution in [3.63, 3.8) is 0 Å². The third kappa shape index (κ3) is 5.55. The third-order valence-corrected chi connectivity index (χ3v) is 2.00. The van der Waals surface area contributed by atoms with Crippen LogP contribution in [0.4, 0.5) is 4.79 Å². The Bertz CT molecular complexity index is 271. The number of rotatable bonds is 5. The van der Waals surface area contributed by atoms with Gasteiger partial charge in [-0.1, -0.05) is 6.92 Å². The number of halogens is 1. The summed E-state index contributed by atoms with van der Waals surface area (Å²) in [5.41, 5.74) is 0. The summed E-state index contributed by atoms with van der Waals surface area (Å²) in [5, 5.41) is 4.48. The fourth-order valence-corrected chi connectivity index (χ4v) is 1.07. The molecule has 0 aromatic heterocycles. The molecule has 0 heterocycles. The van der Waals surface area contributed by atoms with Crippen LogP contribution in [0.5, 0.6) is 0 Å². The second-order valence-corrected chi connectivity index (χ2v) is 3.35. The predicted octanol–water partition coefficient (Wildman–Crippen LogP) is -0.0806. The molecule has 0 aliphatic heterocycles. The molecule has 0 saturated carbocycles. The molecular weight excluding hydrogens is 234 g/mol. The zero-order chi connectivity index (χ0) is 12.6. The number of carbonyl (C=O) groups excluding carboxylic acids is 3. The Balaban J connectivity index is 4.34. The molecule has 92 valence electrons. The van der Waals surface area contributed by atoms with Crippen molar-refractivity contribution in [3.8, 4) is 0 Å². The first kappa shape index (κ1) is 14.7. The molecule has 0 spiro atoms. The van der Waals surface area contributed by atoms with E-state index >= 15 is 0 Å². The van der Waals surface area contributed by atoms with Crippen LogP contribution in [0.25, 0.3) is 0 Å². The van der Waals surface area contributed by atoms with E-state index in [-0.39, 0.29) is 18.3 Å². The molecule has 0 aliphatic carbocycles. The normalized spacial score (nSPS) is 9.44. The number of carbonyl (C=O) groups is 3. The van der Waals surface area contributed by atoms with Crippen LogP contribution in [0.1, 0.15) is 13.3 Å². The Hall–Kier alpha value is -1.30. The summed E-state index contributed by atoms with van der Waals surface area (Å²) in [5.74, 6) is -1.15. The SMILES string of the molecule is CCCN(CC(=O)NC)C(=O)NC(=O)CCl. The Morgan fingerprint density at radius 2 is 1.88 bits per heavy atom. The number of hydrogen-bond acceptors (Lipinski definition) is 3. The van der Waals surface area contributed by atoms with Crippen molar-refractivity contribution >= 4 is 29.4 Å². The van der Waals surface area contributed by atoms with Gasteiger partial charge < -0.3 is 10.2 Å². The monoisotopic (exact) mass is 249 g/mol. The van der Waals surface area contributed by atoms with Crippen molar-refractivity contribution in [1.82, 2.24) is 15.5 Å². The summed E-state index contributed by atoms with van der Waals surface area (Å²) in [6.07, 6.45) is 0.694. The quantitative estimate of drug-likeness (QED) is 0.669. The molecular formula is C9H16ClN3O3. The molecule has 0 bridgehead atoms. The van der Waals surface area contributed by atoms with Crippen LogP contribution >= 0.6 is 11.6 Å². The Kier molecular flexibility index (Phi) is 7.28. The lowest BCUT2D eigenvalue weighted by atomic mass is 10.4. The van der Waals surface area contributed by atoms with E-state index in [0.717, 1.165) is 0 Å². The summed E-state index contributed by atoms with van der Waals surface area (Å²) in [6, 6.07) is -0.601. The van der Waals surface area contributed by atoms with Crippen molar-refractivity contribution in [2.45, 2.75) is 13.3 Å². The molecule has 7 heteroatoms. The molecule has 4 amide bonds. The minimum Gasteiger partial charge on any atom is -0.358 e. The molecule has 0 radical (unpaired) electrons. The number of hydrogen-bond donors (Lipinski definition) is 2. The first-order valence-corrected chi connectivity index (χ1v) is 5.43. The van der Waals surface area contributed by atoms with Gasteiger partial charge in [-0.15, -0.1) is 11.6 Å². The van der Waals surface area contributed by atoms with E-state index in [1.807, 2.05) is 6.92 Å². The summed E-state index contributed by atoms with van der Waals surface area (Å²) in [6.45, 7) is 2.19. The van der Waals surface area contributed by atoms with Crippen molar-refractivity contribution in [2.24, 2.45) is 0 Å². The van der Waals surface area contributed by atoms with Gasteiger partial charge in [-0.3, -0.25) is 14.9 Å². The summed E-state index contributed by atoms with van der Waals surface area (Å²) < 4.78 is 0. The van der Waals surface area contributed by atoms with E-state index in [1.54, 1.807) is 0 Å². The van der Waals surface area contributed by atoms with E-state index in [1.165, 1.54) is 11.9 Å². The maximum Gasteiger partial charge on any atom is 0.324 e. The fourth-order valence-electron chi connectivity index (χ4n) is 1.01. The number of likely N-dealkylation sites (N-methyl/N-ethyl adjacent to an activating group) is 1. The van der Waals surface area contributed by atoms with Crippen molar-refractivity contribution < 1.29 is 14.4 Å². The first-order valence-electron chi connectivity index (χ1n) is 4.90. The average molecular weight is 250 g/mol. The van der Waals surface area contributed by atoms with Gasteiger partial charge in [-0.2, -0.15) is 0 Å². The molecule has 16 heavy (non-hydrogen) atoms. The largest absolute Gasteiger partial charge is 0.358 e. The minimum atomic E-state index is -0.601. The molecule has 0 fully saturated rings. The number of imide groups is 1. The highest BCUT2D eigenvalue weighted by molar-refractivity contribution is 6.28. The van der Waals surface area contributed by atoms with Crippen LogP contribution < -0.4 is 10.6 Å². The van der Waals surface area contributed by atoms with Crippen LogP contribution in [0.2, 0.25) is 0 Å². The zero-order valence-electron chi connectivity index (χ0n) is 9.38. The van der Waals surface area contributed by atoms with Gasteiger partial charge in [0.1, 0.15) is 12.4 Å². The van der Waals surface area contributed by atoms with Crippen LogP contribution in [0, 0.1) is 0 Å². The van der Waals surface area contributed by atoms with Gasteiger partial charge in [0.2, 0.25) is 11.8 Å². The van der Waals surface area contributed by atoms with Gasteiger partial charge in [0.05, 0.1) is 0 Å². The highest BCUT2D eigenvalue weighted by atomic mass is 35.5. The number of nitrogens with one attached hydrogen (secondary N) is 2. The predicted molar refractivity (Wildman–Crippen MR) is 60.2 cm³/mol. The van der Waals surface area contributed by atoms with Gasteiger partial charge in [0.25, 0.3) is 0 Å². The molecule has 6 nitrogen and oxygen atoms in total. The van der Waals surface area contributed by atoms with Gasteiger partial charge in [0, 0.05) is 13.6 Å². The topological polar surface area (TPSA) is 78.5 Å². The Labute approximate surface area is 99.3 Å². The van der Waals surface area contributed by atoms with E-state index in [0.29, 0.717) is 13.0 Å². The Morgan fingerprint density at radius 1 is 1.25 bits per heavy atom. The van der Waals surface area contributed by atoms with Crippen molar-refractivity contribution in [1.29, 1.82) is 0 Å². The molecule has 0 atom stereocenters. The highest BCUT2D eigenvalue weighted by Gasteiger charge is 2.17. The number of amides is 4. The molecule has 0 aliphatic rings. The van der Waals surface area contributed by atoms with Crippen LogP contribution in [0.3, 0.4) is 0 Å². The molecule has 0 unspecified atom stereocenters. The van der Waals surface area contributed by atoms with Gasteiger partial charge in [-0.05, 0) is 6.42 Å². The van der Waals surface area contributed by atoms with Crippen LogP contribution in [-0.4, -0.2) is 48.8 Å². The van der Waals surface area contributed by atoms with Crippen LogP contribution in [-0.2, 0) is 9.59 Å². The lowest BCUT2D eigenvalue weighted by molar-refractivity contribution is -0.122. The molecule has 2 N–H and O–H groups in total.